The van der Waals surface area contributed by atoms with Crippen LogP contribution in [0.3, 0.4) is 0 Å². The number of carbonyl (C=O) groups excluding carboxylic acids is 2. The largest absolute Gasteiger partial charge is 0.459 e. The average Bonchev–Trinajstić information content (AvgIpc) is 3.42. The third-order valence-electron chi connectivity index (χ3n) is 4.11. The van der Waals surface area contributed by atoms with E-state index in [1.807, 2.05) is 37.3 Å². The quantitative estimate of drug-likeness (QED) is 0.511. The minimum Gasteiger partial charge on any atom is -0.459 e. The molecule has 3 aromatic heterocycles. The molecule has 0 aliphatic heterocycles. The number of hydrogen-bond donors (Lipinski definition) is 2. The first-order chi connectivity index (χ1) is 13.6. The Bertz CT molecular complexity index is 1080. The Kier molecular flexibility index (Phi) is 4.94. The second-order valence-corrected chi connectivity index (χ2v) is 7.09. The second kappa shape index (κ2) is 7.69. The van der Waals surface area contributed by atoms with Crippen molar-refractivity contribution in [3.63, 3.8) is 0 Å². The van der Waals surface area contributed by atoms with Gasteiger partial charge in [-0.25, -0.2) is 4.98 Å². The van der Waals surface area contributed by atoms with Crippen LogP contribution >= 0.6 is 11.3 Å². The zero-order chi connectivity index (χ0) is 19.5. The Labute approximate surface area is 164 Å². The van der Waals surface area contributed by atoms with Crippen molar-refractivity contribution in [2.24, 2.45) is 0 Å². The summed E-state index contributed by atoms with van der Waals surface area (Å²) >= 11 is 1.25. The van der Waals surface area contributed by atoms with Crippen molar-refractivity contribution in [1.82, 2.24) is 10.3 Å². The van der Waals surface area contributed by atoms with Crippen LogP contribution in [0.5, 0.6) is 0 Å². The van der Waals surface area contributed by atoms with Crippen molar-refractivity contribution in [3.05, 3.63) is 71.3 Å². The Morgan fingerprint density at radius 2 is 2.07 bits per heavy atom. The van der Waals surface area contributed by atoms with Crippen LogP contribution < -0.4 is 10.6 Å². The number of aromatic nitrogens is 1. The molecule has 0 aliphatic rings. The van der Waals surface area contributed by atoms with Gasteiger partial charge < -0.3 is 14.2 Å². The summed E-state index contributed by atoms with van der Waals surface area (Å²) in [5, 5.41) is 8.70. The zero-order valence-corrected chi connectivity index (χ0v) is 15.8. The van der Waals surface area contributed by atoms with Crippen LogP contribution in [0.1, 0.15) is 35.0 Å². The molecule has 0 saturated carbocycles. The van der Waals surface area contributed by atoms with Crippen LogP contribution in [0.15, 0.2) is 62.9 Å². The molecule has 0 aliphatic carbocycles. The molecular weight excluding hydrogens is 378 g/mol. The molecule has 7 nitrogen and oxygen atoms in total. The molecule has 142 valence electrons. The van der Waals surface area contributed by atoms with Gasteiger partial charge in [-0.3, -0.25) is 14.9 Å². The van der Waals surface area contributed by atoms with Gasteiger partial charge in [0.1, 0.15) is 11.3 Å². The summed E-state index contributed by atoms with van der Waals surface area (Å²) in [6.07, 6.45) is 1.54. The summed E-state index contributed by atoms with van der Waals surface area (Å²) < 4.78 is 10.8. The predicted molar refractivity (Wildman–Crippen MR) is 105 cm³/mol. The molecule has 1 atom stereocenters. The molecule has 0 spiro atoms. The lowest BCUT2D eigenvalue weighted by molar-refractivity contribution is -0.121. The Hall–Kier alpha value is -3.39. The van der Waals surface area contributed by atoms with Crippen molar-refractivity contribution in [1.29, 1.82) is 0 Å². The van der Waals surface area contributed by atoms with Crippen molar-refractivity contribution < 1.29 is 18.4 Å². The van der Waals surface area contributed by atoms with E-state index in [2.05, 4.69) is 15.6 Å². The van der Waals surface area contributed by atoms with Gasteiger partial charge >= 0.3 is 0 Å². The van der Waals surface area contributed by atoms with Crippen LogP contribution in [0.25, 0.3) is 11.0 Å². The summed E-state index contributed by atoms with van der Waals surface area (Å²) in [5.74, 6) is 0.337. The molecule has 0 unspecified atom stereocenters. The second-order valence-electron chi connectivity index (χ2n) is 6.23. The minimum absolute atomic E-state index is 0.109. The van der Waals surface area contributed by atoms with Crippen molar-refractivity contribution in [2.75, 3.05) is 5.32 Å². The van der Waals surface area contributed by atoms with Crippen LogP contribution in [0, 0.1) is 0 Å². The van der Waals surface area contributed by atoms with Gasteiger partial charge in [-0.05, 0) is 31.2 Å². The molecule has 4 rings (SSSR count). The summed E-state index contributed by atoms with van der Waals surface area (Å²) in [6, 6.07) is 12.6. The predicted octanol–water partition coefficient (Wildman–Crippen LogP) is 4.15. The zero-order valence-electron chi connectivity index (χ0n) is 15.0. The number of carbonyl (C=O) groups is 2. The molecule has 2 N–H and O–H groups in total. The van der Waals surface area contributed by atoms with Crippen molar-refractivity contribution in [2.45, 2.75) is 19.4 Å². The van der Waals surface area contributed by atoms with E-state index in [4.69, 9.17) is 8.83 Å². The first kappa shape index (κ1) is 18.0. The fourth-order valence-electron chi connectivity index (χ4n) is 2.76. The number of nitrogens with zero attached hydrogens (tertiary/aromatic N) is 1. The van der Waals surface area contributed by atoms with E-state index < -0.39 is 0 Å². The summed E-state index contributed by atoms with van der Waals surface area (Å²) in [5.41, 5.74) is 1.36. The normalized spacial score (nSPS) is 12.0. The number of thiazole rings is 1. The van der Waals surface area contributed by atoms with Crippen LogP contribution in [0.4, 0.5) is 5.13 Å². The van der Waals surface area contributed by atoms with Gasteiger partial charge in [0.15, 0.2) is 10.9 Å². The SMILES string of the molecule is C[C@H](NC(=O)Cc1csc(NC(=O)c2ccco2)n1)c1cc2ccccc2o1. The average molecular weight is 395 g/mol. The lowest BCUT2D eigenvalue weighted by Gasteiger charge is -2.10. The first-order valence-electron chi connectivity index (χ1n) is 8.65. The number of hydrogen-bond acceptors (Lipinski definition) is 6. The molecule has 4 aromatic rings. The highest BCUT2D eigenvalue weighted by atomic mass is 32.1. The fourth-order valence-corrected chi connectivity index (χ4v) is 3.46. The van der Waals surface area contributed by atoms with E-state index in [9.17, 15) is 9.59 Å². The highest BCUT2D eigenvalue weighted by Crippen LogP contribution is 2.24. The molecule has 0 fully saturated rings. The maximum absolute atomic E-state index is 12.3. The van der Waals surface area contributed by atoms with E-state index in [0.717, 1.165) is 11.0 Å². The number of anilines is 1. The van der Waals surface area contributed by atoms with Gasteiger partial charge in [0, 0.05) is 10.8 Å². The van der Waals surface area contributed by atoms with E-state index >= 15 is 0 Å². The number of rotatable bonds is 6. The molecule has 2 amide bonds. The maximum atomic E-state index is 12.3. The Balaban J connectivity index is 1.34. The molecule has 8 heteroatoms. The van der Waals surface area contributed by atoms with Gasteiger partial charge in [0.2, 0.25) is 5.91 Å². The maximum Gasteiger partial charge on any atom is 0.293 e. The monoisotopic (exact) mass is 395 g/mol. The van der Waals surface area contributed by atoms with Crippen LogP contribution in [-0.4, -0.2) is 16.8 Å². The molecule has 28 heavy (non-hydrogen) atoms. The molecule has 0 saturated heterocycles. The first-order valence-corrected chi connectivity index (χ1v) is 9.53. The Morgan fingerprint density at radius 1 is 1.21 bits per heavy atom. The highest BCUT2D eigenvalue weighted by Gasteiger charge is 2.16. The molecular formula is C20H17N3O4S. The lowest BCUT2D eigenvalue weighted by atomic mass is 10.2. The smallest absolute Gasteiger partial charge is 0.293 e. The third kappa shape index (κ3) is 3.96. The lowest BCUT2D eigenvalue weighted by Crippen LogP contribution is -2.28. The van der Waals surface area contributed by atoms with E-state index in [0.29, 0.717) is 16.6 Å². The van der Waals surface area contributed by atoms with Gasteiger partial charge in [-0.2, -0.15) is 0 Å². The van der Waals surface area contributed by atoms with Crippen LogP contribution in [-0.2, 0) is 11.2 Å². The highest BCUT2D eigenvalue weighted by molar-refractivity contribution is 7.14. The number of fused-ring (bicyclic) bond motifs is 1. The topological polar surface area (TPSA) is 97.4 Å². The fraction of sp³-hybridized carbons (Fsp3) is 0.150. The number of furan rings is 2. The molecule has 0 bridgehead atoms. The van der Waals surface area contributed by atoms with Crippen molar-refractivity contribution >= 4 is 39.3 Å². The van der Waals surface area contributed by atoms with E-state index in [-0.39, 0.29) is 30.0 Å². The minimum atomic E-state index is -0.381. The van der Waals surface area contributed by atoms with E-state index in [1.165, 1.54) is 17.6 Å². The standard InChI is InChI=1S/C20H17N3O4S/c1-12(17-9-13-5-2-3-6-15(13)27-17)21-18(24)10-14-11-28-20(22-14)23-19(25)16-7-4-8-26-16/h2-9,11-12H,10H2,1H3,(H,21,24)(H,22,23,25)/t12-/m0/s1. The van der Waals surface area contributed by atoms with Gasteiger partial charge in [0.25, 0.3) is 5.91 Å². The van der Waals surface area contributed by atoms with Crippen LogP contribution in [0.2, 0.25) is 0 Å². The van der Waals surface area contributed by atoms with E-state index in [1.54, 1.807) is 17.5 Å². The van der Waals surface area contributed by atoms with Gasteiger partial charge in [-0.15, -0.1) is 11.3 Å². The van der Waals surface area contributed by atoms with Crippen molar-refractivity contribution in [3.8, 4) is 0 Å². The van der Waals surface area contributed by atoms with Gasteiger partial charge in [0.05, 0.1) is 24.4 Å². The number of nitrogens with one attached hydrogen (secondary N) is 2. The molecule has 1 aromatic carbocycles. The molecule has 0 radical (unpaired) electrons. The summed E-state index contributed by atoms with van der Waals surface area (Å²) in [7, 11) is 0. The number of amides is 2. The summed E-state index contributed by atoms with van der Waals surface area (Å²) in [6.45, 7) is 1.87. The number of benzene rings is 1. The number of para-hydroxylation sites is 1. The Morgan fingerprint density at radius 3 is 2.86 bits per heavy atom. The van der Waals surface area contributed by atoms with Gasteiger partial charge in [-0.1, -0.05) is 18.2 Å². The molecule has 3 heterocycles. The third-order valence-corrected chi connectivity index (χ3v) is 4.91. The summed E-state index contributed by atoms with van der Waals surface area (Å²) in [4.78, 5) is 28.6.